The fourth-order valence-corrected chi connectivity index (χ4v) is 2.04. The third-order valence-corrected chi connectivity index (χ3v) is 2.83. The fraction of sp³-hybridized carbons (Fsp3) is 0.133. The van der Waals surface area contributed by atoms with Gasteiger partial charge in [-0.2, -0.15) is 0 Å². The van der Waals surface area contributed by atoms with Gasteiger partial charge in [-0.3, -0.25) is 10.1 Å². The molecule has 0 heterocycles. The first-order valence-corrected chi connectivity index (χ1v) is 6.14. The van der Waals surface area contributed by atoms with Gasteiger partial charge in [0.2, 0.25) is 0 Å². The second-order valence-electron chi connectivity index (χ2n) is 4.67. The molecule has 6 heteroatoms. The van der Waals surface area contributed by atoms with Gasteiger partial charge in [0.05, 0.1) is 4.92 Å². The molecule has 0 aromatic heterocycles. The maximum absolute atomic E-state index is 11.1. The van der Waals surface area contributed by atoms with E-state index in [0.29, 0.717) is 5.75 Å². The Morgan fingerprint density at radius 1 is 1.10 bits per heavy atom. The standard InChI is InChI=1S/C15H13NO5/c1-9-5-10(2)7-12(6-9)21-11-3-4-14(16(19)20)13(8-11)15(17)18/h3-8H,1-2H3,(H,17,18). The van der Waals surface area contributed by atoms with Gasteiger partial charge in [0.1, 0.15) is 17.1 Å². The number of carboxylic acid groups (broad SMARTS) is 1. The number of hydrogen-bond acceptors (Lipinski definition) is 4. The lowest BCUT2D eigenvalue weighted by atomic mass is 10.1. The highest BCUT2D eigenvalue weighted by molar-refractivity contribution is 5.92. The maximum Gasteiger partial charge on any atom is 0.342 e. The van der Waals surface area contributed by atoms with Gasteiger partial charge in [0.25, 0.3) is 5.69 Å². The molecule has 0 spiro atoms. The van der Waals surface area contributed by atoms with Crippen molar-refractivity contribution < 1.29 is 19.6 Å². The molecule has 0 radical (unpaired) electrons. The van der Waals surface area contributed by atoms with Crippen molar-refractivity contribution in [3.63, 3.8) is 0 Å². The summed E-state index contributed by atoms with van der Waals surface area (Å²) in [4.78, 5) is 21.1. The van der Waals surface area contributed by atoms with Crippen molar-refractivity contribution in [2.45, 2.75) is 13.8 Å². The number of benzene rings is 2. The Morgan fingerprint density at radius 2 is 1.71 bits per heavy atom. The van der Waals surface area contributed by atoms with Gasteiger partial charge >= 0.3 is 5.97 Å². The number of nitrogens with zero attached hydrogens (tertiary/aromatic N) is 1. The van der Waals surface area contributed by atoms with E-state index < -0.39 is 22.1 Å². The number of nitro benzene ring substituents is 1. The molecule has 1 N–H and O–H groups in total. The predicted molar refractivity (Wildman–Crippen MR) is 76.0 cm³/mol. The monoisotopic (exact) mass is 287 g/mol. The van der Waals surface area contributed by atoms with E-state index >= 15 is 0 Å². The average molecular weight is 287 g/mol. The van der Waals surface area contributed by atoms with Crippen LogP contribution in [0, 0.1) is 24.0 Å². The lowest BCUT2D eigenvalue weighted by Crippen LogP contribution is -2.02. The van der Waals surface area contributed by atoms with E-state index in [1.54, 1.807) is 12.1 Å². The number of ether oxygens (including phenoxy) is 1. The smallest absolute Gasteiger partial charge is 0.342 e. The Bertz CT molecular complexity index is 704. The van der Waals surface area contributed by atoms with Crippen LogP contribution >= 0.6 is 0 Å². The van der Waals surface area contributed by atoms with Gasteiger partial charge < -0.3 is 9.84 Å². The molecule has 108 valence electrons. The van der Waals surface area contributed by atoms with Gasteiger partial charge in [-0.15, -0.1) is 0 Å². The molecule has 0 aliphatic rings. The third-order valence-electron chi connectivity index (χ3n) is 2.83. The molecule has 0 atom stereocenters. The summed E-state index contributed by atoms with van der Waals surface area (Å²) in [5.41, 5.74) is 1.15. The molecule has 2 rings (SSSR count). The molecule has 2 aromatic carbocycles. The molecule has 0 amide bonds. The van der Waals surface area contributed by atoms with Crippen LogP contribution in [0.25, 0.3) is 0 Å². The Labute approximate surface area is 120 Å². The first-order chi connectivity index (χ1) is 9.86. The third kappa shape index (κ3) is 3.36. The zero-order chi connectivity index (χ0) is 15.6. The van der Waals surface area contributed by atoms with Crippen molar-refractivity contribution in [2.24, 2.45) is 0 Å². The highest BCUT2D eigenvalue weighted by Crippen LogP contribution is 2.28. The Balaban J connectivity index is 2.39. The van der Waals surface area contributed by atoms with E-state index in [9.17, 15) is 14.9 Å². The van der Waals surface area contributed by atoms with Crippen LogP contribution in [0.1, 0.15) is 21.5 Å². The zero-order valence-electron chi connectivity index (χ0n) is 11.5. The number of aromatic carboxylic acids is 1. The molecular formula is C15H13NO5. The second kappa shape index (κ2) is 5.62. The Hall–Kier alpha value is -2.89. The fourth-order valence-electron chi connectivity index (χ4n) is 2.04. The molecule has 0 unspecified atom stereocenters. The largest absolute Gasteiger partial charge is 0.477 e. The van der Waals surface area contributed by atoms with Crippen molar-refractivity contribution in [3.05, 3.63) is 63.2 Å². The number of hydrogen-bond donors (Lipinski definition) is 1. The number of rotatable bonds is 4. The van der Waals surface area contributed by atoms with Crippen LogP contribution in [0.5, 0.6) is 11.5 Å². The molecule has 6 nitrogen and oxygen atoms in total. The van der Waals surface area contributed by atoms with Crippen molar-refractivity contribution in [1.82, 2.24) is 0 Å². The summed E-state index contributed by atoms with van der Waals surface area (Å²) in [6.07, 6.45) is 0. The first kappa shape index (κ1) is 14.5. The van der Waals surface area contributed by atoms with Crippen LogP contribution in [0.3, 0.4) is 0 Å². The van der Waals surface area contributed by atoms with E-state index in [-0.39, 0.29) is 5.75 Å². The summed E-state index contributed by atoms with van der Waals surface area (Å²) in [6.45, 7) is 3.83. The van der Waals surface area contributed by atoms with Gasteiger partial charge in [-0.05, 0) is 43.2 Å². The summed E-state index contributed by atoms with van der Waals surface area (Å²) in [7, 11) is 0. The van der Waals surface area contributed by atoms with E-state index in [4.69, 9.17) is 9.84 Å². The van der Waals surface area contributed by atoms with Gasteiger partial charge in [-0.1, -0.05) is 6.07 Å². The summed E-state index contributed by atoms with van der Waals surface area (Å²) in [5, 5.41) is 19.8. The van der Waals surface area contributed by atoms with Crippen molar-refractivity contribution in [3.8, 4) is 11.5 Å². The molecule has 0 saturated heterocycles. The predicted octanol–water partition coefficient (Wildman–Crippen LogP) is 3.70. The maximum atomic E-state index is 11.1. The van der Waals surface area contributed by atoms with Crippen molar-refractivity contribution >= 4 is 11.7 Å². The molecule has 0 aliphatic carbocycles. The summed E-state index contributed by atoms with van der Waals surface area (Å²) >= 11 is 0. The normalized spacial score (nSPS) is 10.2. The molecule has 2 aromatic rings. The minimum Gasteiger partial charge on any atom is -0.477 e. The molecule has 0 fully saturated rings. The van der Waals surface area contributed by atoms with Crippen LogP contribution in [0.15, 0.2) is 36.4 Å². The lowest BCUT2D eigenvalue weighted by Gasteiger charge is -2.08. The first-order valence-electron chi connectivity index (χ1n) is 6.14. The van der Waals surface area contributed by atoms with Crippen LogP contribution in [-0.4, -0.2) is 16.0 Å². The van der Waals surface area contributed by atoms with Crippen LogP contribution in [-0.2, 0) is 0 Å². The topological polar surface area (TPSA) is 89.7 Å². The summed E-state index contributed by atoms with van der Waals surface area (Å²) < 4.78 is 5.58. The average Bonchev–Trinajstić information content (AvgIpc) is 2.36. The van der Waals surface area contributed by atoms with Crippen LogP contribution < -0.4 is 4.74 Å². The van der Waals surface area contributed by atoms with E-state index in [0.717, 1.165) is 23.3 Å². The Morgan fingerprint density at radius 3 is 2.24 bits per heavy atom. The molecular weight excluding hydrogens is 274 g/mol. The van der Waals surface area contributed by atoms with Crippen molar-refractivity contribution in [1.29, 1.82) is 0 Å². The van der Waals surface area contributed by atoms with E-state index in [1.165, 1.54) is 6.07 Å². The van der Waals surface area contributed by atoms with Crippen molar-refractivity contribution in [2.75, 3.05) is 0 Å². The summed E-state index contributed by atoms with van der Waals surface area (Å²) in [5.74, 6) is -0.576. The lowest BCUT2D eigenvalue weighted by molar-refractivity contribution is -0.385. The quantitative estimate of drug-likeness (QED) is 0.684. The minimum absolute atomic E-state index is 0.239. The second-order valence-corrected chi connectivity index (χ2v) is 4.67. The van der Waals surface area contributed by atoms with Gasteiger partial charge in [0, 0.05) is 12.1 Å². The highest BCUT2D eigenvalue weighted by Gasteiger charge is 2.20. The number of carbonyl (C=O) groups is 1. The number of nitro groups is 1. The van der Waals surface area contributed by atoms with Crippen LogP contribution in [0.4, 0.5) is 5.69 Å². The number of carboxylic acids is 1. The zero-order valence-corrected chi connectivity index (χ0v) is 11.5. The molecule has 0 bridgehead atoms. The van der Waals surface area contributed by atoms with Gasteiger partial charge in [-0.25, -0.2) is 4.79 Å². The summed E-state index contributed by atoms with van der Waals surface area (Å²) in [6, 6.07) is 9.23. The minimum atomic E-state index is -1.37. The highest BCUT2D eigenvalue weighted by atomic mass is 16.6. The van der Waals surface area contributed by atoms with E-state index in [1.807, 2.05) is 19.9 Å². The molecule has 21 heavy (non-hydrogen) atoms. The molecule has 0 aliphatic heterocycles. The number of aryl methyl sites for hydroxylation is 2. The van der Waals surface area contributed by atoms with Crippen LogP contribution in [0.2, 0.25) is 0 Å². The SMILES string of the molecule is Cc1cc(C)cc(Oc2ccc([N+](=O)[O-])c(C(=O)O)c2)c1. The van der Waals surface area contributed by atoms with Gasteiger partial charge in [0.15, 0.2) is 0 Å². The molecule has 0 saturated carbocycles. The van der Waals surface area contributed by atoms with E-state index in [2.05, 4.69) is 0 Å². The Kier molecular flexibility index (Phi) is 3.89.